The Balaban J connectivity index is 1.77. The first-order valence-corrected chi connectivity index (χ1v) is 7.15. The average Bonchev–Trinajstić information content (AvgIpc) is 2.90. The second-order valence-corrected chi connectivity index (χ2v) is 6.07. The third kappa shape index (κ3) is 3.01. The van der Waals surface area contributed by atoms with Crippen LogP contribution in [0.1, 0.15) is 52.4 Å². The van der Waals surface area contributed by atoms with E-state index in [2.05, 4.69) is 12.2 Å². The lowest BCUT2D eigenvalue weighted by Crippen LogP contribution is -2.42. The smallest absolute Gasteiger partial charge is 0.221 e. The van der Waals surface area contributed by atoms with Crippen LogP contribution in [0.25, 0.3) is 0 Å². The molecule has 5 unspecified atom stereocenters. The van der Waals surface area contributed by atoms with Crippen molar-refractivity contribution < 1.29 is 4.79 Å². The SMILES string of the molecule is CCC(N)CC(=O)NC(C)C1CC2CCC1C2. The number of hydrogen-bond donors (Lipinski definition) is 2. The van der Waals surface area contributed by atoms with Crippen molar-refractivity contribution in [2.75, 3.05) is 0 Å². The zero-order valence-corrected chi connectivity index (χ0v) is 11.1. The summed E-state index contributed by atoms with van der Waals surface area (Å²) in [7, 11) is 0. The van der Waals surface area contributed by atoms with Crippen molar-refractivity contribution in [2.24, 2.45) is 23.5 Å². The van der Waals surface area contributed by atoms with Crippen LogP contribution in [0.3, 0.4) is 0 Å². The Bertz CT molecular complexity index is 279. The molecule has 2 bridgehead atoms. The molecular weight excluding hydrogens is 212 g/mol. The Morgan fingerprint density at radius 2 is 2.18 bits per heavy atom. The first kappa shape index (κ1) is 12.9. The van der Waals surface area contributed by atoms with Gasteiger partial charge in [-0.25, -0.2) is 0 Å². The lowest BCUT2D eigenvalue weighted by atomic mass is 9.84. The molecule has 2 aliphatic carbocycles. The Morgan fingerprint density at radius 3 is 2.71 bits per heavy atom. The van der Waals surface area contributed by atoms with Gasteiger partial charge >= 0.3 is 0 Å². The molecule has 98 valence electrons. The molecule has 3 N–H and O–H groups in total. The highest BCUT2D eigenvalue weighted by molar-refractivity contribution is 5.76. The van der Waals surface area contributed by atoms with Crippen molar-refractivity contribution in [3.05, 3.63) is 0 Å². The monoisotopic (exact) mass is 238 g/mol. The van der Waals surface area contributed by atoms with Crippen molar-refractivity contribution >= 4 is 5.91 Å². The van der Waals surface area contributed by atoms with E-state index >= 15 is 0 Å². The summed E-state index contributed by atoms with van der Waals surface area (Å²) < 4.78 is 0. The summed E-state index contributed by atoms with van der Waals surface area (Å²) >= 11 is 0. The van der Waals surface area contributed by atoms with Gasteiger partial charge in [-0.2, -0.15) is 0 Å². The third-order valence-corrected chi connectivity index (χ3v) is 4.80. The Hall–Kier alpha value is -0.570. The van der Waals surface area contributed by atoms with Gasteiger partial charge in [0.2, 0.25) is 5.91 Å². The van der Waals surface area contributed by atoms with Crippen LogP contribution in [-0.4, -0.2) is 18.0 Å². The molecule has 0 aliphatic heterocycles. The van der Waals surface area contributed by atoms with E-state index in [1.165, 1.54) is 25.7 Å². The van der Waals surface area contributed by atoms with Crippen LogP contribution in [-0.2, 0) is 4.79 Å². The van der Waals surface area contributed by atoms with Crippen LogP contribution in [0.5, 0.6) is 0 Å². The van der Waals surface area contributed by atoms with Crippen LogP contribution < -0.4 is 11.1 Å². The highest BCUT2D eigenvalue weighted by Crippen LogP contribution is 2.49. The highest BCUT2D eigenvalue weighted by atomic mass is 16.1. The highest BCUT2D eigenvalue weighted by Gasteiger charge is 2.42. The number of nitrogens with two attached hydrogens (primary N) is 1. The Labute approximate surface area is 105 Å². The van der Waals surface area contributed by atoms with Gasteiger partial charge in [0.1, 0.15) is 0 Å². The van der Waals surface area contributed by atoms with Gasteiger partial charge in [0.05, 0.1) is 0 Å². The molecule has 17 heavy (non-hydrogen) atoms. The quantitative estimate of drug-likeness (QED) is 0.770. The van der Waals surface area contributed by atoms with Gasteiger partial charge in [0.15, 0.2) is 0 Å². The number of rotatable bonds is 5. The van der Waals surface area contributed by atoms with Gasteiger partial charge in [-0.1, -0.05) is 13.3 Å². The molecule has 2 saturated carbocycles. The van der Waals surface area contributed by atoms with Gasteiger partial charge in [-0.3, -0.25) is 4.79 Å². The molecule has 1 amide bonds. The minimum Gasteiger partial charge on any atom is -0.353 e. The molecule has 0 heterocycles. The molecule has 0 spiro atoms. The average molecular weight is 238 g/mol. The molecule has 0 radical (unpaired) electrons. The van der Waals surface area contributed by atoms with E-state index in [1.807, 2.05) is 6.92 Å². The van der Waals surface area contributed by atoms with E-state index in [0.717, 1.165) is 24.2 Å². The minimum absolute atomic E-state index is 0.0160. The van der Waals surface area contributed by atoms with Crippen LogP contribution in [0.4, 0.5) is 0 Å². The van der Waals surface area contributed by atoms with Gasteiger partial charge in [-0.05, 0) is 50.4 Å². The maximum atomic E-state index is 11.8. The van der Waals surface area contributed by atoms with Crippen LogP contribution in [0.15, 0.2) is 0 Å². The molecule has 5 atom stereocenters. The number of fused-ring (bicyclic) bond motifs is 2. The largest absolute Gasteiger partial charge is 0.353 e. The van der Waals surface area contributed by atoms with Gasteiger partial charge < -0.3 is 11.1 Å². The van der Waals surface area contributed by atoms with E-state index < -0.39 is 0 Å². The summed E-state index contributed by atoms with van der Waals surface area (Å²) in [6.07, 6.45) is 6.87. The Morgan fingerprint density at radius 1 is 1.41 bits per heavy atom. The van der Waals surface area contributed by atoms with Gasteiger partial charge in [0.25, 0.3) is 0 Å². The molecule has 3 heteroatoms. The van der Waals surface area contributed by atoms with E-state index in [1.54, 1.807) is 0 Å². The van der Waals surface area contributed by atoms with Crippen molar-refractivity contribution in [1.82, 2.24) is 5.32 Å². The van der Waals surface area contributed by atoms with E-state index in [9.17, 15) is 4.79 Å². The van der Waals surface area contributed by atoms with E-state index in [4.69, 9.17) is 5.73 Å². The van der Waals surface area contributed by atoms with E-state index in [-0.39, 0.29) is 11.9 Å². The fourth-order valence-electron chi connectivity index (χ4n) is 3.71. The fraction of sp³-hybridized carbons (Fsp3) is 0.929. The molecule has 3 nitrogen and oxygen atoms in total. The fourth-order valence-corrected chi connectivity index (χ4v) is 3.71. The van der Waals surface area contributed by atoms with E-state index in [0.29, 0.717) is 12.5 Å². The van der Waals surface area contributed by atoms with Gasteiger partial charge in [-0.15, -0.1) is 0 Å². The summed E-state index contributed by atoms with van der Waals surface area (Å²) in [5, 5.41) is 3.15. The standard InChI is InChI=1S/C14H26N2O/c1-3-12(15)8-14(17)16-9(2)13-7-10-4-5-11(13)6-10/h9-13H,3-8,15H2,1-2H3,(H,16,17). The van der Waals surface area contributed by atoms with Crippen LogP contribution >= 0.6 is 0 Å². The summed E-state index contributed by atoms with van der Waals surface area (Å²) in [6, 6.07) is 0.351. The number of amides is 1. The number of nitrogens with one attached hydrogen (secondary N) is 1. The molecule has 0 saturated heterocycles. The zero-order chi connectivity index (χ0) is 12.4. The molecule has 2 rings (SSSR count). The predicted molar refractivity (Wildman–Crippen MR) is 69.4 cm³/mol. The second-order valence-electron chi connectivity index (χ2n) is 6.07. The van der Waals surface area contributed by atoms with Crippen LogP contribution in [0, 0.1) is 17.8 Å². The topological polar surface area (TPSA) is 55.1 Å². The van der Waals surface area contributed by atoms with Crippen molar-refractivity contribution in [2.45, 2.75) is 64.5 Å². The summed E-state index contributed by atoms with van der Waals surface area (Å²) in [4.78, 5) is 11.8. The maximum Gasteiger partial charge on any atom is 0.221 e. The minimum atomic E-state index is 0.0160. The molecule has 2 fully saturated rings. The summed E-state index contributed by atoms with van der Waals surface area (Å²) in [6.45, 7) is 4.19. The van der Waals surface area contributed by atoms with Crippen LogP contribution in [0.2, 0.25) is 0 Å². The summed E-state index contributed by atoms with van der Waals surface area (Å²) in [5.74, 6) is 2.67. The number of carbonyl (C=O) groups is 1. The maximum absolute atomic E-state index is 11.8. The molecule has 0 aromatic heterocycles. The first-order valence-electron chi connectivity index (χ1n) is 7.15. The molecule has 0 aromatic rings. The predicted octanol–water partition coefficient (Wildman–Crippen LogP) is 2.05. The van der Waals surface area contributed by atoms with Crippen molar-refractivity contribution in [1.29, 1.82) is 0 Å². The third-order valence-electron chi connectivity index (χ3n) is 4.80. The summed E-state index contributed by atoms with van der Waals surface area (Å²) in [5.41, 5.74) is 5.80. The van der Waals surface area contributed by atoms with Crippen molar-refractivity contribution in [3.63, 3.8) is 0 Å². The normalized spacial score (nSPS) is 34.6. The number of hydrogen-bond acceptors (Lipinski definition) is 2. The molecule has 0 aromatic carbocycles. The molecular formula is C14H26N2O. The van der Waals surface area contributed by atoms with Crippen molar-refractivity contribution in [3.8, 4) is 0 Å². The lowest BCUT2D eigenvalue weighted by molar-refractivity contribution is -0.122. The lowest BCUT2D eigenvalue weighted by Gasteiger charge is -2.28. The molecule has 2 aliphatic rings. The van der Waals surface area contributed by atoms with Gasteiger partial charge in [0, 0.05) is 18.5 Å². The second kappa shape index (κ2) is 5.38. The zero-order valence-electron chi connectivity index (χ0n) is 11.1. The Kier molecular flexibility index (Phi) is 4.08. The number of carbonyl (C=O) groups excluding carboxylic acids is 1. The first-order chi connectivity index (χ1) is 8.10.